The van der Waals surface area contributed by atoms with Crippen molar-refractivity contribution < 1.29 is 9.59 Å². The van der Waals surface area contributed by atoms with Crippen LogP contribution in [0.1, 0.15) is 19.3 Å². The Balaban J connectivity index is 2.44. The monoisotopic (exact) mass is 148 g/mol. The summed E-state index contributed by atoms with van der Waals surface area (Å²) in [6.45, 7) is 0. The van der Waals surface area contributed by atoms with E-state index in [1.54, 1.807) is 0 Å². The molecule has 2 nitrogen and oxygen atoms in total. The van der Waals surface area contributed by atoms with Crippen molar-refractivity contribution in [3.05, 3.63) is 23.3 Å². The molecule has 0 unspecified atom stereocenters. The van der Waals surface area contributed by atoms with E-state index < -0.39 is 0 Å². The second-order valence-electron chi connectivity index (χ2n) is 2.88. The van der Waals surface area contributed by atoms with Gasteiger partial charge in [-0.05, 0) is 18.1 Å². The van der Waals surface area contributed by atoms with E-state index in [0.29, 0.717) is 18.4 Å². The topological polar surface area (TPSA) is 34.1 Å². The van der Waals surface area contributed by atoms with Gasteiger partial charge in [0.1, 0.15) is 0 Å². The lowest BCUT2D eigenvalue weighted by Crippen LogP contribution is -2.03. The van der Waals surface area contributed by atoms with Crippen molar-refractivity contribution in [1.29, 1.82) is 0 Å². The van der Waals surface area contributed by atoms with Crippen LogP contribution >= 0.6 is 0 Å². The molecule has 11 heavy (non-hydrogen) atoms. The van der Waals surface area contributed by atoms with E-state index >= 15 is 0 Å². The van der Waals surface area contributed by atoms with E-state index in [-0.39, 0.29) is 11.6 Å². The Morgan fingerprint density at radius 3 is 2.82 bits per heavy atom. The smallest absolute Gasteiger partial charge is 0.163 e. The molecular formula is C9H8O2. The number of carbonyl (C=O) groups is 2. The summed E-state index contributed by atoms with van der Waals surface area (Å²) in [5, 5.41) is 0. The first kappa shape index (κ1) is 6.53. The number of hydrogen-bond donors (Lipinski definition) is 0. The molecule has 0 spiro atoms. The lowest BCUT2D eigenvalue weighted by atomic mass is 10.00. The second-order valence-corrected chi connectivity index (χ2v) is 2.88. The highest BCUT2D eigenvalue weighted by Crippen LogP contribution is 2.30. The summed E-state index contributed by atoms with van der Waals surface area (Å²) in [6, 6.07) is 0. The van der Waals surface area contributed by atoms with Crippen LogP contribution in [-0.2, 0) is 9.59 Å². The first-order valence-electron chi connectivity index (χ1n) is 3.74. The number of allylic oxidation sites excluding steroid dienone is 4. The minimum Gasteiger partial charge on any atom is -0.294 e. The molecule has 0 aromatic carbocycles. The summed E-state index contributed by atoms with van der Waals surface area (Å²) >= 11 is 0. The molecule has 0 saturated heterocycles. The van der Waals surface area contributed by atoms with Gasteiger partial charge in [-0.2, -0.15) is 0 Å². The average molecular weight is 148 g/mol. The van der Waals surface area contributed by atoms with E-state index in [1.165, 1.54) is 6.08 Å². The number of ketones is 2. The molecule has 1 fully saturated rings. The van der Waals surface area contributed by atoms with Crippen molar-refractivity contribution in [2.75, 3.05) is 0 Å². The van der Waals surface area contributed by atoms with Crippen molar-refractivity contribution in [2.45, 2.75) is 19.3 Å². The van der Waals surface area contributed by atoms with Crippen molar-refractivity contribution in [1.82, 2.24) is 0 Å². The van der Waals surface area contributed by atoms with E-state index in [0.717, 1.165) is 12.0 Å². The summed E-state index contributed by atoms with van der Waals surface area (Å²) in [7, 11) is 0. The Kier molecular flexibility index (Phi) is 1.28. The number of carbonyl (C=O) groups excluding carboxylic acids is 2. The molecule has 0 atom stereocenters. The number of rotatable bonds is 0. The predicted octanol–water partition coefficient (Wildman–Crippen LogP) is 1.17. The van der Waals surface area contributed by atoms with Crippen LogP contribution in [0.3, 0.4) is 0 Å². The Hall–Kier alpha value is -1.18. The molecule has 2 aliphatic rings. The second kappa shape index (κ2) is 2.16. The standard InChI is InChI=1S/C9H8O2/c10-7-3-1-6-2-4-9(11)8(6)5-7/h1,5H,2-4H2. The van der Waals surface area contributed by atoms with Gasteiger partial charge in [0.15, 0.2) is 11.6 Å². The zero-order valence-electron chi connectivity index (χ0n) is 6.09. The molecule has 0 bridgehead atoms. The van der Waals surface area contributed by atoms with E-state index in [4.69, 9.17) is 0 Å². The number of fused-ring (bicyclic) bond motifs is 1. The van der Waals surface area contributed by atoms with Gasteiger partial charge in [-0.1, -0.05) is 6.08 Å². The molecule has 2 heteroatoms. The van der Waals surface area contributed by atoms with Crippen LogP contribution in [0, 0.1) is 0 Å². The minimum atomic E-state index is 0.0546. The van der Waals surface area contributed by atoms with Gasteiger partial charge in [0.25, 0.3) is 0 Å². The summed E-state index contributed by atoms with van der Waals surface area (Å²) in [5.41, 5.74) is 1.75. The highest BCUT2D eigenvalue weighted by molar-refractivity contribution is 6.10. The maximum absolute atomic E-state index is 11.1. The largest absolute Gasteiger partial charge is 0.294 e. The highest BCUT2D eigenvalue weighted by atomic mass is 16.1. The molecule has 0 heterocycles. The van der Waals surface area contributed by atoms with Gasteiger partial charge in [-0.25, -0.2) is 0 Å². The van der Waals surface area contributed by atoms with Gasteiger partial charge in [-0.3, -0.25) is 9.59 Å². The van der Waals surface area contributed by atoms with Crippen molar-refractivity contribution >= 4 is 11.6 Å². The van der Waals surface area contributed by atoms with Crippen LogP contribution in [0.4, 0.5) is 0 Å². The third kappa shape index (κ3) is 0.946. The third-order valence-electron chi connectivity index (χ3n) is 2.12. The molecule has 0 radical (unpaired) electrons. The quantitative estimate of drug-likeness (QED) is 0.516. The maximum Gasteiger partial charge on any atom is 0.163 e. The molecule has 1 saturated carbocycles. The molecule has 0 amide bonds. The molecule has 56 valence electrons. The van der Waals surface area contributed by atoms with Gasteiger partial charge < -0.3 is 0 Å². The van der Waals surface area contributed by atoms with Crippen LogP contribution in [0.15, 0.2) is 23.3 Å². The minimum absolute atomic E-state index is 0.0546. The highest BCUT2D eigenvalue weighted by Gasteiger charge is 2.25. The SMILES string of the molecule is O=C1C=C2C(=O)CCC2=CC1. The lowest BCUT2D eigenvalue weighted by Gasteiger charge is -2.03. The fourth-order valence-electron chi connectivity index (χ4n) is 1.53. The molecule has 2 rings (SSSR count). The Bertz CT molecular complexity index is 295. The van der Waals surface area contributed by atoms with E-state index in [1.807, 2.05) is 6.08 Å². The lowest BCUT2D eigenvalue weighted by molar-refractivity contribution is -0.116. The fraction of sp³-hybridized carbons (Fsp3) is 0.333. The Morgan fingerprint density at radius 2 is 2.00 bits per heavy atom. The Morgan fingerprint density at radius 1 is 1.18 bits per heavy atom. The zero-order valence-corrected chi connectivity index (χ0v) is 6.09. The maximum atomic E-state index is 11.1. The molecule has 0 aromatic rings. The summed E-state index contributed by atoms with van der Waals surface area (Å²) in [5.74, 6) is 0.184. The van der Waals surface area contributed by atoms with Crippen LogP contribution in [-0.4, -0.2) is 11.6 Å². The summed E-state index contributed by atoms with van der Waals surface area (Å²) in [6.07, 6.45) is 5.27. The summed E-state index contributed by atoms with van der Waals surface area (Å²) in [4.78, 5) is 22.0. The van der Waals surface area contributed by atoms with Crippen LogP contribution in [0.2, 0.25) is 0 Å². The molecule has 0 aromatic heterocycles. The zero-order chi connectivity index (χ0) is 7.84. The van der Waals surface area contributed by atoms with Crippen molar-refractivity contribution in [2.24, 2.45) is 0 Å². The van der Waals surface area contributed by atoms with Gasteiger partial charge in [0.05, 0.1) is 0 Å². The number of Topliss-reactive ketones (excluding diaryl/α,β-unsaturated/α-hetero) is 1. The van der Waals surface area contributed by atoms with Crippen LogP contribution < -0.4 is 0 Å². The normalized spacial score (nSPS) is 22.9. The van der Waals surface area contributed by atoms with E-state index in [9.17, 15) is 9.59 Å². The third-order valence-corrected chi connectivity index (χ3v) is 2.12. The van der Waals surface area contributed by atoms with Gasteiger partial charge in [0, 0.05) is 18.4 Å². The predicted molar refractivity (Wildman–Crippen MR) is 40.0 cm³/mol. The van der Waals surface area contributed by atoms with Crippen LogP contribution in [0.25, 0.3) is 0 Å². The van der Waals surface area contributed by atoms with Gasteiger partial charge in [0.2, 0.25) is 0 Å². The first-order chi connectivity index (χ1) is 5.27. The molecule has 0 N–H and O–H groups in total. The van der Waals surface area contributed by atoms with Crippen LogP contribution in [0.5, 0.6) is 0 Å². The first-order valence-corrected chi connectivity index (χ1v) is 3.74. The average Bonchev–Trinajstić information content (AvgIpc) is 2.33. The van der Waals surface area contributed by atoms with E-state index in [2.05, 4.69) is 0 Å². The Labute approximate surface area is 64.6 Å². The van der Waals surface area contributed by atoms with Crippen molar-refractivity contribution in [3.63, 3.8) is 0 Å². The van der Waals surface area contributed by atoms with Gasteiger partial charge >= 0.3 is 0 Å². The van der Waals surface area contributed by atoms with Crippen molar-refractivity contribution in [3.8, 4) is 0 Å². The van der Waals surface area contributed by atoms with Gasteiger partial charge in [-0.15, -0.1) is 0 Å². The molecule has 2 aliphatic carbocycles. The fourth-order valence-corrected chi connectivity index (χ4v) is 1.53. The summed E-state index contributed by atoms with van der Waals surface area (Å²) < 4.78 is 0. The molecular weight excluding hydrogens is 140 g/mol. The molecule has 0 aliphatic heterocycles. The number of hydrogen-bond acceptors (Lipinski definition) is 2.